The largest absolute Gasteiger partial charge is 0.495 e. The van der Waals surface area contributed by atoms with Crippen LogP contribution < -0.4 is 10.1 Å². The Balaban J connectivity index is 2.19. The molecule has 2 nitrogen and oxygen atoms in total. The molecule has 5 heteroatoms. The van der Waals surface area contributed by atoms with Gasteiger partial charge in [0, 0.05) is 25.8 Å². The van der Waals surface area contributed by atoms with Crippen LogP contribution in [0.4, 0.5) is 5.69 Å². The molecule has 0 saturated heterocycles. The SMILES string of the molecule is COc1c(Br)cc(Br)cc1CNc1cccc(I)c1. The number of halogens is 3. The summed E-state index contributed by atoms with van der Waals surface area (Å²) in [6.07, 6.45) is 0. The van der Waals surface area contributed by atoms with Gasteiger partial charge < -0.3 is 10.1 Å². The second-order valence-electron chi connectivity index (χ2n) is 3.94. The van der Waals surface area contributed by atoms with Crippen molar-refractivity contribution in [3.8, 4) is 5.75 Å². The van der Waals surface area contributed by atoms with Gasteiger partial charge in [-0.15, -0.1) is 0 Å². The Labute approximate surface area is 143 Å². The molecule has 0 bridgehead atoms. The molecule has 0 fully saturated rings. The Morgan fingerprint density at radius 2 is 2.00 bits per heavy atom. The van der Waals surface area contributed by atoms with Gasteiger partial charge in [-0.2, -0.15) is 0 Å². The molecule has 0 aromatic heterocycles. The zero-order valence-corrected chi connectivity index (χ0v) is 15.5. The minimum Gasteiger partial charge on any atom is -0.495 e. The van der Waals surface area contributed by atoms with Crippen molar-refractivity contribution in [2.45, 2.75) is 6.54 Å². The van der Waals surface area contributed by atoms with E-state index in [-0.39, 0.29) is 0 Å². The third-order valence-corrected chi connectivity index (χ3v) is 4.31. The highest BCUT2D eigenvalue weighted by molar-refractivity contribution is 14.1. The second-order valence-corrected chi connectivity index (χ2v) is 6.96. The minimum atomic E-state index is 0.710. The molecule has 0 saturated carbocycles. The Bertz CT molecular complexity index is 590. The number of hydrogen-bond donors (Lipinski definition) is 1. The molecule has 2 aromatic rings. The van der Waals surface area contributed by atoms with Gasteiger partial charge >= 0.3 is 0 Å². The van der Waals surface area contributed by atoms with Gasteiger partial charge in [-0.1, -0.05) is 22.0 Å². The average molecular weight is 497 g/mol. The van der Waals surface area contributed by atoms with E-state index in [1.807, 2.05) is 12.1 Å². The van der Waals surface area contributed by atoms with Gasteiger partial charge in [0.2, 0.25) is 0 Å². The van der Waals surface area contributed by atoms with Gasteiger partial charge in [-0.05, 0) is 68.9 Å². The van der Waals surface area contributed by atoms with E-state index in [1.165, 1.54) is 3.57 Å². The lowest BCUT2D eigenvalue weighted by Gasteiger charge is -2.13. The number of ether oxygens (including phenoxy) is 1. The lowest BCUT2D eigenvalue weighted by molar-refractivity contribution is 0.407. The Morgan fingerprint density at radius 3 is 2.68 bits per heavy atom. The highest BCUT2D eigenvalue weighted by Gasteiger charge is 2.09. The van der Waals surface area contributed by atoms with Crippen molar-refractivity contribution >= 4 is 60.1 Å². The van der Waals surface area contributed by atoms with Crippen LogP contribution in [-0.2, 0) is 6.54 Å². The molecule has 100 valence electrons. The predicted molar refractivity (Wildman–Crippen MR) is 94.9 cm³/mol. The predicted octanol–water partition coefficient (Wildman–Crippen LogP) is 5.44. The fourth-order valence-corrected chi connectivity index (χ4v) is 3.79. The summed E-state index contributed by atoms with van der Waals surface area (Å²) in [7, 11) is 1.68. The molecule has 0 aliphatic heterocycles. The van der Waals surface area contributed by atoms with Crippen molar-refractivity contribution in [2.75, 3.05) is 12.4 Å². The number of methoxy groups -OCH3 is 1. The smallest absolute Gasteiger partial charge is 0.138 e. The van der Waals surface area contributed by atoms with Crippen LogP contribution in [0.1, 0.15) is 5.56 Å². The lowest BCUT2D eigenvalue weighted by Crippen LogP contribution is -2.02. The summed E-state index contributed by atoms with van der Waals surface area (Å²) in [6, 6.07) is 12.3. The van der Waals surface area contributed by atoms with Gasteiger partial charge in [0.05, 0.1) is 11.6 Å². The van der Waals surface area contributed by atoms with E-state index in [9.17, 15) is 0 Å². The van der Waals surface area contributed by atoms with Gasteiger partial charge in [0.15, 0.2) is 0 Å². The van der Waals surface area contributed by atoms with Crippen LogP contribution in [0.5, 0.6) is 5.75 Å². The minimum absolute atomic E-state index is 0.710. The fraction of sp³-hybridized carbons (Fsp3) is 0.143. The van der Waals surface area contributed by atoms with Gasteiger partial charge in [-0.25, -0.2) is 0 Å². The maximum Gasteiger partial charge on any atom is 0.138 e. The van der Waals surface area contributed by atoms with E-state index in [4.69, 9.17) is 4.74 Å². The molecular weight excluding hydrogens is 485 g/mol. The molecule has 0 atom stereocenters. The summed E-state index contributed by atoms with van der Waals surface area (Å²) in [6.45, 7) is 0.710. The van der Waals surface area contributed by atoms with Crippen molar-refractivity contribution in [1.82, 2.24) is 0 Å². The molecule has 0 aliphatic rings. The average Bonchev–Trinajstić information content (AvgIpc) is 2.36. The summed E-state index contributed by atoms with van der Waals surface area (Å²) in [5.74, 6) is 0.862. The van der Waals surface area contributed by atoms with Crippen LogP contribution in [0.25, 0.3) is 0 Å². The number of anilines is 1. The van der Waals surface area contributed by atoms with E-state index >= 15 is 0 Å². The van der Waals surface area contributed by atoms with Gasteiger partial charge in [0.25, 0.3) is 0 Å². The first-order valence-electron chi connectivity index (χ1n) is 5.61. The maximum atomic E-state index is 5.43. The van der Waals surface area contributed by atoms with Crippen molar-refractivity contribution in [1.29, 1.82) is 0 Å². The lowest BCUT2D eigenvalue weighted by atomic mass is 10.2. The Hall–Kier alpha value is -0.270. The zero-order chi connectivity index (χ0) is 13.8. The first kappa shape index (κ1) is 15.1. The Kier molecular flexibility index (Phi) is 5.53. The van der Waals surface area contributed by atoms with Crippen LogP contribution in [-0.4, -0.2) is 7.11 Å². The molecule has 0 amide bonds. The molecule has 2 aromatic carbocycles. The quantitative estimate of drug-likeness (QED) is 0.569. The van der Waals surface area contributed by atoms with Crippen LogP contribution in [0.15, 0.2) is 45.3 Å². The van der Waals surface area contributed by atoms with Crippen molar-refractivity contribution in [2.24, 2.45) is 0 Å². The fourth-order valence-electron chi connectivity index (χ4n) is 1.77. The summed E-state index contributed by atoms with van der Waals surface area (Å²) >= 11 is 9.32. The van der Waals surface area contributed by atoms with Crippen LogP contribution >= 0.6 is 54.5 Å². The van der Waals surface area contributed by atoms with Crippen molar-refractivity contribution in [3.63, 3.8) is 0 Å². The number of nitrogens with one attached hydrogen (secondary N) is 1. The molecular formula is C14H12Br2INO. The Morgan fingerprint density at radius 1 is 1.21 bits per heavy atom. The number of rotatable bonds is 4. The maximum absolute atomic E-state index is 5.43. The molecule has 19 heavy (non-hydrogen) atoms. The third kappa shape index (κ3) is 4.10. The standard InChI is InChI=1S/C14H12Br2INO/c1-19-14-9(5-10(15)6-13(14)16)8-18-12-4-2-3-11(17)7-12/h2-7,18H,8H2,1H3. The zero-order valence-electron chi connectivity index (χ0n) is 10.2. The molecule has 0 heterocycles. The van der Waals surface area contributed by atoms with E-state index in [0.29, 0.717) is 6.54 Å². The topological polar surface area (TPSA) is 21.3 Å². The molecule has 1 N–H and O–H groups in total. The first-order valence-corrected chi connectivity index (χ1v) is 8.28. The molecule has 0 radical (unpaired) electrons. The number of benzene rings is 2. The van der Waals surface area contributed by atoms with Gasteiger partial charge in [-0.3, -0.25) is 0 Å². The molecule has 0 spiro atoms. The van der Waals surface area contributed by atoms with Crippen molar-refractivity contribution < 1.29 is 4.74 Å². The van der Waals surface area contributed by atoms with Crippen molar-refractivity contribution in [3.05, 3.63) is 54.5 Å². The second kappa shape index (κ2) is 6.95. The van der Waals surface area contributed by atoms with E-state index < -0.39 is 0 Å². The normalized spacial score (nSPS) is 10.3. The van der Waals surface area contributed by atoms with E-state index in [1.54, 1.807) is 7.11 Å². The molecule has 0 aliphatic carbocycles. The van der Waals surface area contributed by atoms with Crippen LogP contribution in [0, 0.1) is 3.57 Å². The monoisotopic (exact) mass is 495 g/mol. The summed E-state index contributed by atoms with van der Waals surface area (Å²) in [5, 5.41) is 3.40. The molecule has 0 unspecified atom stereocenters. The van der Waals surface area contributed by atoms with Crippen LogP contribution in [0.2, 0.25) is 0 Å². The number of hydrogen-bond acceptors (Lipinski definition) is 2. The highest BCUT2D eigenvalue weighted by Crippen LogP contribution is 2.33. The van der Waals surface area contributed by atoms with Crippen LogP contribution in [0.3, 0.4) is 0 Å². The first-order chi connectivity index (χ1) is 9.10. The van der Waals surface area contributed by atoms with E-state index in [0.717, 1.165) is 25.9 Å². The molecule has 2 rings (SSSR count). The highest BCUT2D eigenvalue weighted by atomic mass is 127. The van der Waals surface area contributed by atoms with E-state index in [2.05, 4.69) is 84.0 Å². The van der Waals surface area contributed by atoms with Gasteiger partial charge in [0.1, 0.15) is 5.75 Å². The summed E-state index contributed by atoms with van der Waals surface area (Å²) in [4.78, 5) is 0. The summed E-state index contributed by atoms with van der Waals surface area (Å²) in [5.41, 5.74) is 2.20. The summed E-state index contributed by atoms with van der Waals surface area (Å²) < 4.78 is 8.62. The third-order valence-electron chi connectivity index (χ3n) is 2.60.